The monoisotopic (exact) mass is 655 g/mol. The van der Waals surface area contributed by atoms with Crippen molar-refractivity contribution in [3.63, 3.8) is 0 Å². The third kappa shape index (κ3) is 6.08. The maximum atomic E-state index is 15.1. The SMILES string of the molecule is C=CCN(Cc1ccccc1)C(=O)[C@@H]1[C@H]2C(=O)N([C@@H](CO)Cc3ccccc3)C(C(=O)N(CC=C)C3CCCCC3)C23CC[C@@]1(C)S3. The van der Waals surface area contributed by atoms with Crippen LogP contribution in [0.25, 0.3) is 0 Å². The molecule has 6 rings (SSSR count). The van der Waals surface area contributed by atoms with E-state index < -0.39 is 33.4 Å². The lowest BCUT2D eigenvalue weighted by Gasteiger charge is -2.42. The van der Waals surface area contributed by atoms with Gasteiger partial charge in [0.15, 0.2) is 0 Å². The molecule has 0 aromatic heterocycles. The molecule has 1 aliphatic carbocycles. The van der Waals surface area contributed by atoms with Crippen molar-refractivity contribution < 1.29 is 19.5 Å². The highest BCUT2D eigenvalue weighted by Crippen LogP contribution is 2.72. The molecule has 3 saturated heterocycles. The number of nitrogens with zero attached hydrogens (tertiary/aromatic N) is 3. The van der Waals surface area contributed by atoms with Gasteiger partial charge in [-0.3, -0.25) is 14.4 Å². The summed E-state index contributed by atoms with van der Waals surface area (Å²) in [6, 6.07) is 18.5. The minimum Gasteiger partial charge on any atom is -0.394 e. The molecule has 7 nitrogen and oxygen atoms in total. The Morgan fingerprint density at radius 1 is 0.957 bits per heavy atom. The van der Waals surface area contributed by atoms with Crippen molar-refractivity contribution >= 4 is 29.5 Å². The number of carbonyl (C=O) groups excluding carboxylic acids is 3. The molecule has 3 amide bonds. The second-order valence-electron chi connectivity index (χ2n) is 14.1. The van der Waals surface area contributed by atoms with Crippen LogP contribution in [0.1, 0.15) is 63.0 Å². The first-order chi connectivity index (χ1) is 22.8. The van der Waals surface area contributed by atoms with Gasteiger partial charge >= 0.3 is 0 Å². The van der Waals surface area contributed by atoms with Gasteiger partial charge in [-0.1, -0.05) is 92.1 Å². The van der Waals surface area contributed by atoms with Crippen LogP contribution in [0.3, 0.4) is 0 Å². The first-order valence-electron chi connectivity index (χ1n) is 17.3. The lowest BCUT2D eigenvalue weighted by Crippen LogP contribution is -2.59. The van der Waals surface area contributed by atoms with Gasteiger partial charge in [-0.05, 0) is 50.2 Å². The molecular weight excluding hydrogens is 607 g/mol. The highest BCUT2D eigenvalue weighted by atomic mass is 32.2. The van der Waals surface area contributed by atoms with Gasteiger partial charge in [-0.2, -0.15) is 0 Å². The zero-order valence-electron chi connectivity index (χ0n) is 27.6. The van der Waals surface area contributed by atoms with Gasteiger partial charge in [0, 0.05) is 30.4 Å². The van der Waals surface area contributed by atoms with E-state index in [0.29, 0.717) is 32.5 Å². The van der Waals surface area contributed by atoms with E-state index in [2.05, 4.69) is 20.1 Å². The molecule has 1 N–H and O–H groups in total. The van der Waals surface area contributed by atoms with Crippen molar-refractivity contribution in [2.45, 2.75) is 92.5 Å². The summed E-state index contributed by atoms with van der Waals surface area (Å²) < 4.78 is -1.24. The van der Waals surface area contributed by atoms with Crippen molar-refractivity contribution in [3.8, 4) is 0 Å². The van der Waals surface area contributed by atoms with E-state index in [1.165, 1.54) is 6.42 Å². The molecule has 4 aliphatic rings. The summed E-state index contributed by atoms with van der Waals surface area (Å²) in [5.41, 5.74) is 2.01. The van der Waals surface area contributed by atoms with E-state index in [9.17, 15) is 9.90 Å². The Bertz CT molecular complexity index is 1460. The third-order valence-corrected chi connectivity index (χ3v) is 13.1. The molecule has 250 valence electrons. The molecular formula is C39H49N3O4S. The molecule has 2 aromatic carbocycles. The van der Waals surface area contributed by atoms with E-state index in [1.54, 1.807) is 28.8 Å². The van der Waals surface area contributed by atoms with Gasteiger partial charge in [0.1, 0.15) is 6.04 Å². The minimum atomic E-state index is -0.769. The number of thioether (sulfide) groups is 1. The fraction of sp³-hybridized carbons (Fsp3) is 0.513. The van der Waals surface area contributed by atoms with E-state index in [-0.39, 0.29) is 30.4 Å². The highest BCUT2D eigenvalue weighted by Gasteiger charge is 2.78. The van der Waals surface area contributed by atoms with E-state index in [4.69, 9.17) is 0 Å². The molecule has 3 heterocycles. The summed E-state index contributed by atoms with van der Waals surface area (Å²) in [5, 5.41) is 10.9. The number of fused-ring (bicyclic) bond motifs is 1. The number of benzene rings is 2. The Balaban J connectivity index is 1.42. The van der Waals surface area contributed by atoms with Crippen molar-refractivity contribution in [2.24, 2.45) is 11.8 Å². The van der Waals surface area contributed by atoms with Gasteiger partial charge in [0.25, 0.3) is 0 Å². The Morgan fingerprint density at radius 2 is 1.60 bits per heavy atom. The summed E-state index contributed by atoms with van der Waals surface area (Å²) in [5.74, 6) is -1.53. The Labute approximate surface area is 284 Å². The van der Waals surface area contributed by atoms with Crippen LogP contribution in [0.5, 0.6) is 0 Å². The number of likely N-dealkylation sites (tertiary alicyclic amines) is 1. The van der Waals surface area contributed by atoms with Gasteiger partial charge in [0.2, 0.25) is 17.7 Å². The van der Waals surface area contributed by atoms with Gasteiger partial charge in [0.05, 0.1) is 29.2 Å². The zero-order valence-corrected chi connectivity index (χ0v) is 28.5. The Morgan fingerprint density at radius 3 is 2.21 bits per heavy atom. The molecule has 2 aromatic rings. The highest BCUT2D eigenvalue weighted by molar-refractivity contribution is 8.02. The number of rotatable bonds is 13. The average molecular weight is 656 g/mol. The molecule has 47 heavy (non-hydrogen) atoms. The van der Waals surface area contributed by atoms with Crippen molar-refractivity contribution in [1.82, 2.24) is 14.7 Å². The third-order valence-electron chi connectivity index (χ3n) is 11.1. The van der Waals surface area contributed by atoms with Crippen LogP contribution in [0, 0.1) is 11.8 Å². The number of amides is 3. The second kappa shape index (κ2) is 14.0. The lowest BCUT2D eigenvalue weighted by atomic mass is 9.66. The molecule has 1 saturated carbocycles. The maximum Gasteiger partial charge on any atom is 0.247 e. The largest absolute Gasteiger partial charge is 0.394 e. The molecule has 4 fully saturated rings. The fourth-order valence-electron chi connectivity index (χ4n) is 9.05. The van der Waals surface area contributed by atoms with Crippen molar-refractivity contribution in [2.75, 3.05) is 19.7 Å². The predicted molar refractivity (Wildman–Crippen MR) is 187 cm³/mol. The smallest absolute Gasteiger partial charge is 0.247 e. The van der Waals surface area contributed by atoms with E-state index >= 15 is 9.59 Å². The first kappa shape index (κ1) is 33.5. The fourth-order valence-corrected chi connectivity index (χ4v) is 11.4. The van der Waals surface area contributed by atoms with Gasteiger partial charge in [-0.15, -0.1) is 24.9 Å². The Kier molecular flexibility index (Phi) is 10.00. The zero-order chi connectivity index (χ0) is 33.2. The molecule has 3 aliphatic heterocycles. The van der Waals surface area contributed by atoms with Crippen molar-refractivity contribution in [3.05, 3.63) is 97.1 Å². The maximum absolute atomic E-state index is 15.1. The van der Waals surface area contributed by atoms with Crippen LogP contribution in [-0.4, -0.2) is 84.8 Å². The number of aliphatic hydroxyl groups excluding tert-OH is 1. The van der Waals surface area contributed by atoms with Crippen LogP contribution < -0.4 is 0 Å². The number of carbonyl (C=O) groups is 3. The van der Waals surface area contributed by atoms with Gasteiger partial charge < -0.3 is 19.8 Å². The van der Waals surface area contributed by atoms with Crippen LogP contribution >= 0.6 is 11.8 Å². The van der Waals surface area contributed by atoms with Crippen LogP contribution in [0.15, 0.2) is 86.0 Å². The van der Waals surface area contributed by atoms with Gasteiger partial charge in [-0.25, -0.2) is 0 Å². The van der Waals surface area contributed by atoms with Crippen molar-refractivity contribution in [1.29, 1.82) is 0 Å². The minimum absolute atomic E-state index is 0.0590. The molecule has 2 bridgehead atoms. The standard InChI is InChI=1S/C39H49N3O4S/c1-4-23-40(26-29-17-11-7-12-18-29)35(44)32-33-36(45)42(31(27-43)25-28-15-9-6-10-16-28)34(39(33)22-21-38(32,3)47-39)37(46)41(24-5-2)30-19-13-8-14-20-30/h4-7,9-12,15-18,30-34,43H,1-2,8,13-14,19-27H2,3H3/t31-,32+,33+,34?,38-,39?/m1/s1. The predicted octanol–water partition coefficient (Wildman–Crippen LogP) is 5.63. The number of hydrogen-bond acceptors (Lipinski definition) is 5. The number of aliphatic hydroxyl groups is 1. The molecule has 1 spiro atoms. The molecule has 8 heteroatoms. The molecule has 6 atom stereocenters. The van der Waals surface area contributed by atoms with Crippen LogP contribution in [0.4, 0.5) is 0 Å². The topological polar surface area (TPSA) is 81.2 Å². The summed E-state index contributed by atoms with van der Waals surface area (Å²) in [6.45, 7) is 11.0. The van der Waals surface area contributed by atoms with E-state index in [0.717, 1.165) is 43.2 Å². The quantitative estimate of drug-likeness (QED) is 0.283. The van der Waals surface area contributed by atoms with E-state index in [1.807, 2.05) is 70.5 Å². The first-order valence-corrected chi connectivity index (χ1v) is 18.1. The summed E-state index contributed by atoms with van der Waals surface area (Å²) in [4.78, 5) is 50.4. The second-order valence-corrected chi connectivity index (χ2v) is 16.0. The summed E-state index contributed by atoms with van der Waals surface area (Å²) >= 11 is 1.70. The summed E-state index contributed by atoms with van der Waals surface area (Å²) in [6.07, 6.45) is 10.6. The Hall–Kier alpha value is -3.36. The van der Waals surface area contributed by atoms with Crippen LogP contribution in [-0.2, 0) is 27.3 Å². The normalized spacial score (nSPS) is 28.9. The average Bonchev–Trinajstić information content (AvgIpc) is 3.67. The van der Waals surface area contributed by atoms with Crippen LogP contribution in [0.2, 0.25) is 0 Å². The lowest BCUT2D eigenvalue weighted by molar-refractivity contribution is -0.148. The molecule has 2 unspecified atom stereocenters. The number of hydrogen-bond donors (Lipinski definition) is 1. The summed E-state index contributed by atoms with van der Waals surface area (Å²) in [7, 11) is 0. The molecule has 0 radical (unpaired) electrons.